The molecule has 7 heteroatoms. The summed E-state index contributed by atoms with van der Waals surface area (Å²) in [7, 11) is 0. The van der Waals surface area contributed by atoms with Crippen LogP contribution in [0.4, 0.5) is 5.69 Å². The predicted octanol–water partition coefficient (Wildman–Crippen LogP) is 1.08. The maximum absolute atomic E-state index is 11.6. The molecule has 0 aliphatic heterocycles. The fourth-order valence-electron chi connectivity index (χ4n) is 2.21. The van der Waals surface area contributed by atoms with Gasteiger partial charge < -0.3 is 11.5 Å². The van der Waals surface area contributed by atoms with Gasteiger partial charge in [0.05, 0.1) is 29.1 Å². The van der Waals surface area contributed by atoms with Crippen molar-refractivity contribution in [3.05, 3.63) is 42.0 Å². The van der Waals surface area contributed by atoms with Gasteiger partial charge in [0, 0.05) is 17.3 Å². The average Bonchev–Trinajstić information content (AvgIpc) is 2.47. The summed E-state index contributed by atoms with van der Waals surface area (Å²) in [6.45, 7) is 1.88. The van der Waals surface area contributed by atoms with E-state index < -0.39 is 5.91 Å². The fraction of sp³-hybridized carbons (Fsp3) is 0.0714. The second-order valence-corrected chi connectivity index (χ2v) is 4.57. The van der Waals surface area contributed by atoms with Crippen LogP contribution in [-0.2, 0) is 0 Å². The summed E-state index contributed by atoms with van der Waals surface area (Å²) in [5.74, 6) is -0.681. The average molecular weight is 280 g/mol. The third-order valence-electron chi connectivity index (χ3n) is 3.21. The third-order valence-corrected chi connectivity index (χ3v) is 3.21. The van der Waals surface area contributed by atoms with Gasteiger partial charge in [-0.05, 0) is 24.6 Å². The first kappa shape index (κ1) is 12.9. The molecular weight excluding hydrogens is 268 g/mol. The molecule has 1 amide bonds. The number of nitrogen functional groups attached to an aromatic ring is 1. The lowest BCUT2D eigenvalue weighted by Gasteiger charge is -2.13. The highest BCUT2D eigenvalue weighted by atomic mass is 16.1. The third kappa shape index (κ3) is 2.04. The molecule has 21 heavy (non-hydrogen) atoms. The van der Waals surface area contributed by atoms with Crippen molar-refractivity contribution in [2.24, 2.45) is 5.73 Å². The van der Waals surface area contributed by atoms with E-state index in [1.165, 1.54) is 0 Å². The number of amides is 1. The molecule has 3 aromatic heterocycles. The van der Waals surface area contributed by atoms with Gasteiger partial charge in [-0.1, -0.05) is 0 Å². The summed E-state index contributed by atoms with van der Waals surface area (Å²) in [6, 6.07) is 3.49. The zero-order chi connectivity index (χ0) is 15.0. The van der Waals surface area contributed by atoms with Crippen molar-refractivity contribution in [1.29, 1.82) is 0 Å². The minimum Gasteiger partial charge on any atom is -0.396 e. The van der Waals surface area contributed by atoms with Gasteiger partial charge in [0.15, 0.2) is 5.69 Å². The van der Waals surface area contributed by atoms with Gasteiger partial charge in [0.25, 0.3) is 5.91 Å². The molecule has 0 saturated carbocycles. The number of rotatable bonds is 2. The van der Waals surface area contributed by atoms with E-state index in [0.29, 0.717) is 16.6 Å². The van der Waals surface area contributed by atoms with Gasteiger partial charge in [-0.25, -0.2) is 4.98 Å². The molecule has 0 atom stereocenters. The standard InChI is InChI=1S/C14H12N6O/c1-7-5-18-19-6-8(7)10-11(15)13(14(16)21)20-9-3-2-4-17-12(9)10/h2-6H,15H2,1H3,(H2,16,21). The number of anilines is 1. The van der Waals surface area contributed by atoms with Crippen LogP contribution in [-0.4, -0.2) is 26.1 Å². The highest BCUT2D eigenvalue weighted by molar-refractivity contribution is 6.07. The largest absolute Gasteiger partial charge is 0.396 e. The SMILES string of the molecule is Cc1cnncc1-c1c(N)c(C(N)=O)nc2cccnc12. The summed E-state index contributed by atoms with van der Waals surface area (Å²) in [6.07, 6.45) is 4.84. The number of carbonyl (C=O) groups excluding carboxylic acids is 1. The first-order chi connectivity index (χ1) is 10.1. The monoisotopic (exact) mass is 280 g/mol. The fourth-order valence-corrected chi connectivity index (χ4v) is 2.21. The molecule has 4 N–H and O–H groups in total. The normalized spacial score (nSPS) is 10.7. The minimum atomic E-state index is -0.681. The molecule has 0 saturated heterocycles. The molecule has 104 valence electrons. The Hall–Kier alpha value is -3.09. The van der Waals surface area contributed by atoms with E-state index in [-0.39, 0.29) is 11.4 Å². The molecule has 0 bridgehead atoms. The summed E-state index contributed by atoms with van der Waals surface area (Å²) in [4.78, 5) is 20.1. The van der Waals surface area contributed by atoms with Crippen molar-refractivity contribution in [3.8, 4) is 11.1 Å². The Labute approximate surface area is 120 Å². The lowest BCUT2D eigenvalue weighted by atomic mass is 9.99. The molecule has 0 aliphatic rings. The Kier molecular flexibility index (Phi) is 2.94. The van der Waals surface area contributed by atoms with Crippen LogP contribution in [0.15, 0.2) is 30.7 Å². The highest BCUT2D eigenvalue weighted by Gasteiger charge is 2.19. The predicted molar refractivity (Wildman–Crippen MR) is 78.2 cm³/mol. The van der Waals surface area contributed by atoms with E-state index in [1.54, 1.807) is 30.7 Å². The van der Waals surface area contributed by atoms with E-state index in [2.05, 4.69) is 20.2 Å². The number of primary amides is 1. The van der Waals surface area contributed by atoms with Crippen LogP contribution in [0.25, 0.3) is 22.2 Å². The van der Waals surface area contributed by atoms with Crippen LogP contribution in [0.1, 0.15) is 16.1 Å². The van der Waals surface area contributed by atoms with Gasteiger partial charge in [-0.15, -0.1) is 0 Å². The number of nitrogens with zero attached hydrogens (tertiary/aromatic N) is 4. The van der Waals surface area contributed by atoms with Crippen molar-refractivity contribution in [1.82, 2.24) is 20.2 Å². The maximum atomic E-state index is 11.6. The van der Waals surface area contributed by atoms with Crippen LogP contribution in [0.5, 0.6) is 0 Å². The maximum Gasteiger partial charge on any atom is 0.269 e. The van der Waals surface area contributed by atoms with E-state index >= 15 is 0 Å². The first-order valence-electron chi connectivity index (χ1n) is 6.21. The Morgan fingerprint density at radius 3 is 2.71 bits per heavy atom. The smallest absolute Gasteiger partial charge is 0.269 e. The number of aromatic nitrogens is 4. The van der Waals surface area contributed by atoms with Gasteiger partial charge in [-0.2, -0.15) is 10.2 Å². The van der Waals surface area contributed by atoms with Crippen molar-refractivity contribution >= 4 is 22.6 Å². The van der Waals surface area contributed by atoms with Gasteiger partial charge >= 0.3 is 0 Å². The van der Waals surface area contributed by atoms with Crippen LogP contribution >= 0.6 is 0 Å². The molecule has 7 nitrogen and oxygen atoms in total. The zero-order valence-corrected chi connectivity index (χ0v) is 11.2. The van der Waals surface area contributed by atoms with Crippen LogP contribution in [0, 0.1) is 6.92 Å². The Morgan fingerprint density at radius 2 is 2.00 bits per heavy atom. The molecule has 3 aromatic rings. The van der Waals surface area contributed by atoms with Crippen LogP contribution in [0.3, 0.4) is 0 Å². The second kappa shape index (κ2) is 4.78. The van der Waals surface area contributed by atoms with Crippen molar-refractivity contribution < 1.29 is 4.79 Å². The molecule has 0 unspecified atom stereocenters. The Bertz CT molecular complexity index is 861. The van der Waals surface area contributed by atoms with E-state index in [1.807, 2.05) is 6.92 Å². The summed E-state index contributed by atoms with van der Waals surface area (Å²) >= 11 is 0. The number of nitrogens with two attached hydrogens (primary N) is 2. The number of hydrogen-bond donors (Lipinski definition) is 2. The highest BCUT2D eigenvalue weighted by Crippen LogP contribution is 2.34. The summed E-state index contributed by atoms with van der Waals surface area (Å²) in [5, 5.41) is 7.69. The van der Waals surface area contributed by atoms with Crippen molar-refractivity contribution in [2.45, 2.75) is 6.92 Å². The number of aryl methyl sites for hydroxylation is 1. The summed E-state index contributed by atoms with van der Waals surface area (Å²) in [5.41, 5.74) is 15.0. The van der Waals surface area contributed by atoms with Crippen LogP contribution in [0.2, 0.25) is 0 Å². The Morgan fingerprint density at radius 1 is 1.24 bits per heavy atom. The van der Waals surface area contributed by atoms with E-state index in [0.717, 1.165) is 11.1 Å². The number of pyridine rings is 2. The lowest BCUT2D eigenvalue weighted by Crippen LogP contribution is -2.17. The van der Waals surface area contributed by atoms with E-state index in [4.69, 9.17) is 11.5 Å². The van der Waals surface area contributed by atoms with E-state index in [9.17, 15) is 4.79 Å². The molecule has 0 aromatic carbocycles. The van der Waals surface area contributed by atoms with Gasteiger partial charge in [0.1, 0.15) is 0 Å². The number of fused-ring (bicyclic) bond motifs is 1. The van der Waals surface area contributed by atoms with Gasteiger partial charge in [0.2, 0.25) is 0 Å². The zero-order valence-electron chi connectivity index (χ0n) is 11.2. The number of carbonyl (C=O) groups is 1. The van der Waals surface area contributed by atoms with Crippen molar-refractivity contribution in [3.63, 3.8) is 0 Å². The molecule has 3 heterocycles. The molecule has 0 spiro atoms. The van der Waals surface area contributed by atoms with Crippen molar-refractivity contribution in [2.75, 3.05) is 5.73 Å². The minimum absolute atomic E-state index is 0.0294. The Balaban J connectivity index is 2.48. The number of hydrogen-bond acceptors (Lipinski definition) is 6. The molecule has 0 radical (unpaired) electrons. The summed E-state index contributed by atoms with van der Waals surface area (Å²) < 4.78 is 0. The van der Waals surface area contributed by atoms with Crippen LogP contribution < -0.4 is 11.5 Å². The molecular formula is C14H12N6O. The lowest BCUT2D eigenvalue weighted by molar-refractivity contribution is 0.0997. The first-order valence-corrected chi connectivity index (χ1v) is 6.21. The topological polar surface area (TPSA) is 121 Å². The molecule has 3 rings (SSSR count). The molecule has 0 aliphatic carbocycles. The molecule has 0 fully saturated rings. The second-order valence-electron chi connectivity index (χ2n) is 4.57. The quantitative estimate of drug-likeness (QED) is 0.724. The van der Waals surface area contributed by atoms with Gasteiger partial charge in [-0.3, -0.25) is 9.78 Å².